The maximum Gasteiger partial charge on any atom is 1.00 e. The Morgan fingerprint density at radius 3 is 1.94 bits per heavy atom. The number of nitrogens with two attached hydrogens (primary N) is 2. The molecule has 0 aromatic heterocycles. The van der Waals surface area contributed by atoms with Crippen LogP contribution in [0.1, 0.15) is 30.2 Å². The zero-order valence-electron chi connectivity index (χ0n) is 18.3. The van der Waals surface area contributed by atoms with Crippen LogP contribution in [-0.2, 0) is 16.1 Å². The maximum atomic E-state index is 12.9. The van der Waals surface area contributed by atoms with Crippen molar-refractivity contribution < 1.29 is 48.4 Å². The number of benzene rings is 2. The Hall–Kier alpha value is -1.47. The number of hydrogen-bond acceptors (Lipinski definition) is 6. The molecule has 0 spiro atoms. The van der Waals surface area contributed by atoms with Gasteiger partial charge < -0.3 is 27.5 Å². The summed E-state index contributed by atoms with van der Waals surface area (Å²) >= 11 is 10.9. The Bertz CT molecular complexity index is 799. The van der Waals surface area contributed by atoms with E-state index in [0.717, 1.165) is 13.2 Å². The van der Waals surface area contributed by atoms with Gasteiger partial charge in [-0.25, -0.2) is 13.6 Å². The van der Waals surface area contributed by atoms with Gasteiger partial charge in [0.25, 0.3) is 0 Å². The van der Waals surface area contributed by atoms with Crippen molar-refractivity contribution in [3.05, 3.63) is 57.1 Å². The Morgan fingerprint density at radius 1 is 1.10 bits per heavy atom. The molecule has 0 aliphatic carbocycles. The molecule has 1 saturated heterocycles. The molecule has 6 nitrogen and oxygen atoms in total. The van der Waals surface area contributed by atoms with Gasteiger partial charge in [-0.2, -0.15) is 0 Å². The van der Waals surface area contributed by atoms with Crippen LogP contribution in [0.5, 0.6) is 0 Å². The molecule has 0 bridgehead atoms. The minimum Gasteiger partial charge on any atom is -1.00 e. The van der Waals surface area contributed by atoms with Crippen LogP contribution in [0.25, 0.3) is 0 Å². The summed E-state index contributed by atoms with van der Waals surface area (Å²) in [4.78, 5) is 11.0. The molecule has 165 valence electrons. The Balaban J connectivity index is -0.000000404. The van der Waals surface area contributed by atoms with E-state index in [1.54, 1.807) is 0 Å². The van der Waals surface area contributed by atoms with Gasteiger partial charge in [0.05, 0.1) is 40.7 Å². The van der Waals surface area contributed by atoms with Crippen molar-refractivity contribution in [1.82, 2.24) is 0 Å². The molecular formula is C19H23BCl2F2LiN2O4. The van der Waals surface area contributed by atoms with Gasteiger partial charge in [0.15, 0.2) is 11.6 Å². The van der Waals surface area contributed by atoms with Crippen LogP contribution in [-0.4, -0.2) is 39.8 Å². The summed E-state index contributed by atoms with van der Waals surface area (Å²) in [6.45, 7) is 1.81. The van der Waals surface area contributed by atoms with Gasteiger partial charge in [0, 0.05) is 21.6 Å². The van der Waals surface area contributed by atoms with Crippen LogP contribution in [0.15, 0.2) is 24.3 Å². The van der Waals surface area contributed by atoms with Crippen molar-refractivity contribution in [1.29, 1.82) is 0 Å². The first-order valence-electron chi connectivity index (χ1n) is 8.46. The molecule has 31 heavy (non-hydrogen) atoms. The van der Waals surface area contributed by atoms with Crippen molar-refractivity contribution in [2.75, 3.05) is 31.8 Å². The van der Waals surface area contributed by atoms with E-state index < -0.39 is 17.6 Å². The quantitative estimate of drug-likeness (QED) is 0.343. The number of carbonyl (C=O) groups is 1. The average Bonchev–Trinajstić information content (AvgIpc) is 3.29. The van der Waals surface area contributed by atoms with E-state index in [1.807, 2.05) is 0 Å². The number of esters is 1. The molecule has 3 rings (SSSR count). The van der Waals surface area contributed by atoms with E-state index >= 15 is 0 Å². The molecular weight excluding hydrogens is 447 g/mol. The van der Waals surface area contributed by atoms with Gasteiger partial charge in [0.2, 0.25) is 0 Å². The number of anilines is 2. The number of hydrogen-bond donors (Lipinski definition) is 3. The van der Waals surface area contributed by atoms with E-state index in [1.165, 1.54) is 44.2 Å². The van der Waals surface area contributed by atoms with Crippen molar-refractivity contribution in [3.63, 3.8) is 0 Å². The normalized spacial score (nSPS) is 11.5. The summed E-state index contributed by atoms with van der Waals surface area (Å²) in [5.41, 5.74) is 10.9. The molecule has 2 aromatic carbocycles. The number of carbonyl (C=O) groups excluding carboxylic acids is 1. The number of aliphatic hydroxyl groups is 1. The zero-order valence-corrected chi connectivity index (χ0v) is 18.8. The van der Waals surface area contributed by atoms with Crippen LogP contribution in [0.4, 0.5) is 20.2 Å². The van der Waals surface area contributed by atoms with E-state index in [9.17, 15) is 13.6 Å². The zero-order chi connectivity index (χ0) is 22.0. The number of methoxy groups -OCH3 is 1. The molecule has 0 atom stereocenters. The van der Waals surface area contributed by atoms with Crippen LogP contribution < -0.4 is 30.3 Å². The third kappa shape index (κ3) is 10.6. The van der Waals surface area contributed by atoms with Crippen molar-refractivity contribution in [3.8, 4) is 0 Å². The molecule has 3 radical (unpaired) electrons. The third-order valence-corrected chi connectivity index (χ3v) is 4.15. The van der Waals surface area contributed by atoms with Crippen LogP contribution in [0.2, 0.25) is 10.0 Å². The first-order chi connectivity index (χ1) is 13.7. The summed E-state index contributed by atoms with van der Waals surface area (Å²) in [6, 6.07) is 5.03. The predicted molar refractivity (Wildman–Crippen MR) is 116 cm³/mol. The second-order valence-corrected chi connectivity index (χ2v) is 6.63. The van der Waals surface area contributed by atoms with Crippen molar-refractivity contribution >= 4 is 49.0 Å². The summed E-state index contributed by atoms with van der Waals surface area (Å²) in [5, 5.41) is 8.39. The van der Waals surface area contributed by atoms with Gasteiger partial charge in [-0.15, -0.1) is 0 Å². The number of ether oxygens (including phenoxy) is 2. The van der Waals surface area contributed by atoms with E-state index in [0.29, 0.717) is 5.56 Å². The van der Waals surface area contributed by atoms with E-state index in [2.05, 4.69) is 4.74 Å². The molecule has 2 aromatic rings. The Labute approximate surface area is 205 Å². The van der Waals surface area contributed by atoms with E-state index in [-0.39, 0.29) is 62.3 Å². The molecule has 1 aliphatic heterocycles. The largest absolute Gasteiger partial charge is 1.00 e. The Kier molecular flexibility index (Phi) is 16.6. The minimum absolute atomic E-state index is 0. The first kappa shape index (κ1) is 31.7. The van der Waals surface area contributed by atoms with Crippen LogP contribution in [0.3, 0.4) is 0 Å². The molecule has 0 amide bonds. The first-order valence-corrected chi connectivity index (χ1v) is 9.21. The fourth-order valence-corrected chi connectivity index (χ4v) is 2.59. The Morgan fingerprint density at radius 2 is 1.58 bits per heavy atom. The number of nitrogen functional groups attached to an aromatic ring is 2. The summed E-state index contributed by atoms with van der Waals surface area (Å²) in [7, 11) is 1.22. The molecule has 1 fully saturated rings. The SMILES string of the molecule is C1CCOC1.COC(=O)c1cc(N)c(F)c(Cl)c1.Nc1cc(CO)cc(Cl)c1F.[B].[H-].[Li+]. The number of halogens is 4. The van der Waals surface area contributed by atoms with Gasteiger partial charge in [-0.3, -0.25) is 0 Å². The second kappa shape index (κ2) is 16.2. The van der Waals surface area contributed by atoms with Gasteiger partial charge in [-0.1, -0.05) is 23.2 Å². The number of aliphatic hydroxyl groups excluding tert-OH is 1. The topological polar surface area (TPSA) is 108 Å². The van der Waals surface area contributed by atoms with Gasteiger partial charge in [-0.05, 0) is 42.7 Å². The maximum absolute atomic E-state index is 12.9. The van der Waals surface area contributed by atoms with Crippen LogP contribution in [0, 0.1) is 11.6 Å². The molecule has 0 saturated carbocycles. The van der Waals surface area contributed by atoms with Crippen LogP contribution >= 0.6 is 23.2 Å². The predicted octanol–water partition coefficient (Wildman–Crippen LogP) is 0.934. The van der Waals surface area contributed by atoms with E-state index in [4.69, 9.17) is 44.5 Å². The monoisotopic (exact) mass is 469 g/mol. The molecule has 0 unspecified atom stereocenters. The van der Waals surface area contributed by atoms with Gasteiger partial charge >= 0.3 is 24.8 Å². The smallest absolute Gasteiger partial charge is 1.00 e. The standard InChI is InChI=1S/C8H7ClFNO2.C7H7ClFNO.C4H8O.B.Li.H/c1-13-8(12)4-2-5(9)7(10)6(11)3-4;8-5-1-4(3-11)2-6(10)7(5)9;1-2-4-5-3-1;;;/h2-3H,11H2,1H3;1-2,11H,3,10H2;1-4H2;;;/q;;;;+1;-1. The fraction of sp³-hybridized carbons (Fsp3) is 0.316. The average molecular weight is 470 g/mol. The fourth-order valence-electron chi connectivity index (χ4n) is 2.12. The van der Waals surface area contributed by atoms with Crippen molar-refractivity contribution in [2.45, 2.75) is 19.4 Å². The summed E-state index contributed by atoms with van der Waals surface area (Å²) in [5.74, 6) is -1.97. The van der Waals surface area contributed by atoms with Crippen molar-refractivity contribution in [2.24, 2.45) is 0 Å². The molecule has 1 aliphatic rings. The summed E-state index contributed by atoms with van der Waals surface area (Å²) in [6.07, 6.45) is 2.56. The molecule has 5 N–H and O–H groups in total. The molecule has 12 heteroatoms. The minimum atomic E-state index is -0.727. The summed E-state index contributed by atoms with van der Waals surface area (Å²) < 4.78 is 34.9. The molecule has 1 heterocycles. The van der Waals surface area contributed by atoms with Gasteiger partial charge in [0.1, 0.15) is 0 Å². The third-order valence-electron chi connectivity index (χ3n) is 3.60. The second-order valence-electron chi connectivity index (χ2n) is 5.81. The number of rotatable bonds is 2.